The van der Waals surface area contributed by atoms with E-state index in [4.69, 9.17) is 28.9 Å². The number of nitrogens with one attached hydrogen (secondary N) is 1. The van der Waals surface area contributed by atoms with Crippen molar-refractivity contribution in [2.45, 2.75) is 13.8 Å². The lowest BCUT2D eigenvalue weighted by atomic mass is 10.1. The molecule has 3 N–H and O–H groups in total. The molecule has 20 heavy (non-hydrogen) atoms. The van der Waals surface area contributed by atoms with E-state index in [1.165, 1.54) is 0 Å². The molecule has 0 aliphatic rings. The Morgan fingerprint density at radius 3 is 2.45 bits per heavy atom. The first-order valence-electron chi connectivity index (χ1n) is 6.02. The Bertz CT molecular complexity index is 684. The second kappa shape index (κ2) is 5.73. The number of benzene rings is 2. The van der Waals surface area contributed by atoms with Crippen molar-refractivity contribution in [2.24, 2.45) is 0 Å². The number of carbonyl (C=O) groups excluding carboxylic acids is 1. The number of halogens is 2. The Kier molecular flexibility index (Phi) is 4.21. The van der Waals surface area contributed by atoms with E-state index in [1.807, 2.05) is 13.8 Å². The van der Waals surface area contributed by atoms with E-state index < -0.39 is 0 Å². The van der Waals surface area contributed by atoms with Crippen molar-refractivity contribution in [3.05, 3.63) is 57.1 Å². The summed E-state index contributed by atoms with van der Waals surface area (Å²) in [6, 6.07) is 8.61. The molecule has 104 valence electrons. The molecule has 0 aliphatic carbocycles. The van der Waals surface area contributed by atoms with E-state index >= 15 is 0 Å². The fourth-order valence-corrected chi connectivity index (χ4v) is 2.36. The molecular formula is C15H14Cl2N2O. The van der Waals surface area contributed by atoms with Crippen molar-refractivity contribution >= 4 is 40.5 Å². The summed E-state index contributed by atoms with van der Waals surface area (Å²) in [4.78, 5) is 12.3. The smallest absolute Gasteiger partial charge is 0.256 e. The monoisotopic (exact) mass is 308 g/mol. The molecular weight excluding hydrogens is 295 g/mol. The molecule has 2 rings (SSSR count). The number of hydrogen-bond donors (Lipinski definition) is 2. The number of nitrogens with two attached hydrogens (primary N) is 1. The number of carbonyl (C=O) groups is 1. The molecule has 2 aromatic rings. The van der Waals surface area contributed by atoms with Crippen LogP contribution in [-0.2, 0) is 0 Å². The lowest BCUT2D eigenvalue weighted by Crippen LogP contribution is -2.14. The lowest BCUT2D eigenvalue weighted by Gasteiger charge is -2.12. The van der Waals surface area contributed by atoms with E-state index in [9.17, 15) is 4.79 Å². The minimum atomic E-state index is -0.267. The van der Waals surface area contributed by atoms with Crippen LogP contribution in [0.25, 0.3) is 0 Å². The number of rotatable bonds is 2. The fourth-order valence-electron chi connectivity index (χ4n) is 1.89. The Hall–Kier alpha value is -1.71. The zero-order valence-corrected chi connectivity index (χ0v) is 12.6. The Labute approximate surface area is 127 Å². The SMILES string of the molecule is Cc1cc(N)ccc1C(=O)Nc1c(Cl)ccc(C)c1Cl. The van der Waals surface area contributed by atoms with Gasteiger partial charge < -0.3 is 11.1 Å². The zero-order valence-electron chi connectivity index (χ0n) is 11.1. The van der Waals surface area contributed by atoms with Gasteiger partial charge in [-0.1, -0.05) is 29.3 Å². The van der Waals surface area contributed by atoms with Crippen LogP contribution in [0.15, 0.2) is 30.3 Å². The van der Waals surface area contributed by atoms with E-state index in [2.05, 4.69) is 5.32 Å². The van der Waals surface area contributed by atoms with Crippen LogP contribution in [0, 0.1) is 13.8 Å². The predicted octanol–water partition coefficient (Wildman–Crippen LogP) is 4.44. The van der Waals surface area contributed by atoms with Gasteiger partial charge in [0.05, 0.1) is 15.7 Å². The molecule has 0 heterocycles. The number of hydrogen-bond acceptors (Lipinski definition) is 2. The Balaban J connectivity index is 2.35. The van der Waals surface area contributed by atoms with Crippen LogP contribution in [-0.4, -0.2) is 5.91 Å². The highest BCUT2D eigenvalue weighted by Gasteiger charge is 2.14. The quantitative estimate of drug-likeness (QED) is 0.806. The summed E-state index contributed by atoms with van der Waals surface area (Å²) in [7, 11) is 0. The van der Waals surface area contributed by atoms with Crippen molar-refractivity contribution < 1.29 is 4.79 Å². The maximum absolute atomic E-state index is 12.3. The summed E-state index contributed by atoms with van der Waals surface area (Å²) < 4.78 is 0. The average molecular weight is 309 g/mol. The van der Waals surface area contributed by atoms with Gasteiger partial charge in [0.1, 0.15) is 0 Å². The molecule has 0 spiro atoms. The molecule has 0 saturated carbocycles. The predicted molar refractivity (Wildman–Crippen MR) is 84.7 cm³/mol. The van der Waals surface area contributed by atoms with Crippen molar-refractivity contribution in [1.82, 2.24) is 0 Å². The van der Waals surface area contributed by atoms with Crippen LogP contribution >= 0.6 is 23.2 Å². The molecule has 0 saturated heterocycles. The molecule has 0 atom stereocenters. The van der Waals surface area contributed by atoms with Crippen molar-refractivity contribution in [3.8, 4) is 0 Å². The largest absolute Gasteiger partial charge is 0.399 e. The summed E-state index contributed by atoms with van der Waals surface area (Å²) in [6.45, 7) is 3.67. The molecule has 0 bridgehead atoms. The number of amides is 1. The van der Waals surface area contributed by atoms with E-state index in [1.54, 1.807) is 30.3 Å². The average Bonchev–Trinajstić information content (AvgIpc) is 2.39. The molecule has 0 radical (unpaired) electrons. The first-order chi connectivity index (χ1) is 9.40. The van der Waals surface area contributed by atoms with Crippen LogP contribution in [0.3, 0.4) is 0 Å². The second-order valence-corrected chi connectivity index (χ2v) is 5.37. The molecule has 1 amide bonds. The third-order valence-electron chi connectivity index (χ3n) is 3.02. The Morgan fingerprint density at radius 1 is 1.10 bits per heavy atom. The van der Waals surface area contributed by atoms with Crippen molar-refractivity contribution in [3.63, 3.8) is 0 Å². The highest BCUT2D eigenvalue weighted by molar-refractivity contribution is 6.40. The first-order valence-corrected chi connectivity index (χ1v) is 6.78. The van der Waals surface area contributed by atoms with E-state index in [-0.39, 0.29) is 5.91 Å². The molecule has 2 aromatic carbocycles. The summed E-state index contributed by atoms with van der Waals surface area (Å²) in [5.41, 5.74) is 8.89. The summed E-state index contributed by atoms with van der Waals surface area (Å²) >= 11 is 12.3. The van der Waals surface area contributed by atoms with Crippen LogP contribution in [0.5, 0.6) is 0 Å². The standard InChI is InChI=1S/C15H14Cl2N2O/c1-8-3-6-12(16)14(13(8)17)19-15(20)11-5-4-10(18)7-9(11)2/h3-7H,18H2,1-2H3,(H,19,20). The number of nitrogen functional groups attached to an aromatic ring is 1. The maximum Gasteiger partial charge on any atom is 0.256 e. The molecule has 0 fully saturated rings. The molecule has 0 aliphatic heterocycles. The normalized spacial score (nSPS) is 10.4. The van der Waals surface area contributed by atoms with Crippen LogP contribution in [0.2, 0.25) is 10.0 Å². The zero-order chi connectivity index (χ0) is 14.9. The minimum absolute atomic E-state index is 0.267. The number of anilines is 2. The molecule has 3 nitrogen and oxygen atoms in total. The van der Waals surface area contributed by atoms with Crippen LogP contribution < -0.4 is 11.1 Å². The van der Waals surface area contributed by atoms with E-state index in [0.717, 1.165) is 11.1 Å². The van der Waals surface area contributed by atoms with Gasteiger partial charge in [-0.05, 0) is 49.2 Å². The second-order valence-electron chi connectivity index (χ2n) is 4.58. The van der Waals surface area contributed by atoms with Gasteiger partial charge in [-0.2, -0.15) is 0 Å². The third kappa shape index (κ3) is 2.89. The summed E-state index contributed by atoms with van der Waals surface area (Å²) in [5, 5.41) is 3.60. The van der Waals surface area contributed by atoms with Gasteiger partial charge >= 0.3 is 0 Å². The molecule has 0 aromatic heterocycles. The minimum Gasteiger partial charge on any atom is -0.399 e. The first kappa shape index (κ1) is 14.7. The van der Waals surface area contributed by atoms with Gasteiger partial charge in [0, 0.05) is 11.3 Å². The van der Waals surface area contributed by atoms with Crippen molar-refractivity contribution in [1.29, 1.82) is 0 Å². The summed E-state index contributed by atoms with van der Waals surface area (Å²) in [5.74, 6) is -0.267. The topological polar surface area (TPSA) is 55.1 Å². The fraction of sp³-hybridized carbons (Fsp3) is 0.133. The van der Waals surface area contributed by atoms with Crippen LogP contribution in [0.1, 0.15) is 21.5 Å². The van der Waals surface area contributed by atoms with Gasteiger partial charge in [0.25, 0.3) is 5.91 Å². The van der Waals surface area contributed by atoms with Gasteiger partial charge in [-0.25, -0.2) is 0 Å². The highest BCUT2D eigenvalue weighted by Crippen LogP contribution is 2.33. The molecule has 5 heteroatoms. The van der Waals surface area contributed by atoms with Gasteiger partial charge in [-0.15, -0.1) is 0 Å². The van der Waals surface area contributed by atoms with Gasteiger partial charge in [0.15, 0.2) is 0 Å². The number of aryl methyl sites for hydroxylation is 2. The van der Waals surface area contributed by atoms with Crippen molar-refractivity contribution in [2.75, 3.05) is 11.1 Å². The van der Waals surface area contributed by atoms with Gasteiger partial charge in [-0.3, -0.25) is 4.79 Å². The van der Waals surface area contributed by atoms with Gasteiger partial charge in [0.2, 0.25) is 0 Å². The van der Waals surface area contributed by atoms with Crippen LogP contribution in [0.4, 0.5) is 11.4 Å². The maximum atomic E-state index is 12.3. The molecule has 0 unspecified atom stereocenters. The third-order valence-corrected chi connectivity index (χ3v) is 3.82. The van der Waals surface area contributed by atoms with E-state index in [0.29, 0.717) is 27.0 Å². The summed E-state index contributed by atoms with van der Waals surface area (Å²) in [6.07, 6.45) is 0. The Morgan fingerprint density at radius 2 is 1.80 bits per heavy atom. The lowest BCUT2D eigenvalue weighted by molar-refractivity contribution is 0.102. The highest BCUT2D eigenvalue weighted by atomic mass is 35.5.